The van der Waals surface area contributed by atoms with Crippen LogP contribution >= 0.6 is 0 Å². The van der Waals surface area contributed by atoms with E-state index < -0.39 is 0 Å². The molecule has 2 rings (SSSR count). The summed E-state index contributed by atoms with van der Waals surface area (Å²) in [6.07, 6.45) is 2.40. The van der Waals surface area contributed by atoms with Crippen LogP contribution in [-0.4, -0.2) is 40.3 Å². The average Bonchev–Trinajstić information content (AvgIpc) is 2.98. The zero-order valence-corrected chi connectivity index (χ0v) is 12.1. The fraction of sp³-hybridized carbons (Fsp3) is 0.538. The van der Waals surface area contributed by atoms with Crippen molar-refractivity contribution in [2.75, 3.05) is 14.2 Å². The number of hydrogen-bond donors (Lipinski definition) is 1. The molecule has 0 aliphatic heterocycles. The van der Waals surface area contributed by atoms with E-state index in [1.54, 1.807) is 13.2 Å². The lowest BCUT2D eigenvalue weighted by molar-refractivity contribution is 0.326. The first-order chi connectivity index (χ1) is 9.69. The molecule has 0 aliphatic rings. The third-order valence-corrected chi connectivity index (χ3v) is 3.33. The first-order valence-electron chi connectivity index (χ1n) is 6.56. The Kier molecular flexibility index (Phi) is 4.62. The van der Waals surface area contributed by atoms with Crippen molar-refractivity contribution in [1.29, 1.82) is 0 Å². The van der Waals surface area contributed by atoms with Crippen molar-refractivity contribution in [2.24, 2.45) is 0 Å². The Balaban J connectivity index is 2.23. The van der Waals surface area contributed by atoms with E-state index in [2.05, 4.69) is 39.3 Å². The Morgan fingerprint density at radius 1 is 1.40 bits per heavy atom. The number of nitrogens with zero attached hydrogens (tertiary/aromatic N) is 4. The van der Waals surface area contributed by atoms with Crippen LogP contribution in [0.5, 0.6) is 5.88 Å². The van der Waals surface area contributed by atoms with E-state index in [-0.39, 0.29) is 5.92 Å². The van der Waals surface area contributed by atoms with Crippen LogP contribution in [0.1, 0.15) is 32.1 Å². The van der Waals surface area contributed by atoms with Gasteiger partial charge in [0.25, 0.3) is 0 Å². The summed E-state index contributed by atoms with van der Waals surface area (Å²) in [7, 11) is 3.48. The van der Waals surface area contributed by atoms with Crippen molar-refractivity contribution in [3.05, 3.63) is 18.3 Å². The quantitative estimate of drug-likeness (QED) is 0.858. The van der Waals surface area contributed by atoms with E-state index in [4.69, 9.17) is 9.26 Å². The molecule has 20 heavy (non-hydrogen) atoms. The van der Waals surface area contributed by atoms with Crippen molar-refractivity contribution in [1.82, 2.24) is 25.4 Å². The van der Waals surface area contributed by atoms with Gasteiger partial charge in [0.1, 0.15) is 12.0 Å². The Bertz CT molecular complexity index is 553. The fourth-order valence-electron chi connectivity index (χ4n) is 2.08. The molecular weight excluding hydrogens is 258 g/mol. The molecular formula is C13H19N5O2. The van der Waals surface area contributed by atoms with E-state index >= 15 is 0 Å². The second kappa shape index (κ2) is 6.42. The molecule has 2 unspecified atom stereocenters. The van der Waals surface area contributed by atoms with Gasteiger partial charge >= 0.3 is 0 Å². The number of likely N-dealkylation sites (N-methyl/N-ethyl adjacent to an activating group) is 1. The largest absolute Gasteiger partial charge is 0.481 e. The minimum Gasteiger partial charge on any atom is -0.481 e. The second-order valence-corrected chi connectivity index (χ2v) is 4.49. The van der Waals surface area contributed by atoms with Gasteiger partial charge in [-0.25, -0.2) is 9.97 Å². The van der Waals surface area contributed by atoms with Crippen molar-refractivity contribution >= 4 is 0 Å². The number of rotatable bonds is 6. The van der Waals surface area contributed by atoms with Crippen molar-refractivity contribution in [3.63, 3.8) is 0 Å². The summed E-state index contributed by atoms with van der Waals surface area (Å²) in [5.41, 5.74) is 0.580. The Labute approximate surface area is 117 Å². The zero-order valence-electron chi connectivity index (χ0n) is 12.1. The fourth-order valence-corrected chi connectivity index (χ4v) is 2.08. The van der Waals surface area contributed by atoms with Crippen LogP contribution in [-0.2, 0) is 0 Å². The Hall–Kier alpha value is -2.02. The molecule has 1 N–H and O–H groups in total. The molecule has 7 heteroatoms. The molecule has 108 valence electrons. The van der Waals surface area contributed by atoms with Gasteiger partial charge in [-0.2, -0.15) is 4.98 Å². The van der Waals surface area contributed by atoms with E-state index in [0.717, 1.165) is 6.42 Å². The predicted octanol–water partition coefficient (Wildman–Crippen LogP) is 1.64. The molecule has 0 saturated carbocycles. The molecule has 0 saturated heterocycles. The highest BCUT2D eigenvalue weighted by atomic mass is 16.5. The van der Waals surface area contributed by atoms with Crippen molar-refractivity contribution < 1.29 is 9.26 Å². The van der Waals surface area contributed by atoms with E-state index in [0.29, 0.717) is 29.3 Å². The first kappa shape index (κ1) is 14.4. The highest BCUT2D eigenvalue weighted by Gasteiger charge is 2.22. The smallest absolute Gasteiger partial charge is 0.231 e. The van der Waals surface area contributed by atoms with Gasteiger partial charge in [0.2, 0.25) is 17.6 Å². The summed E-state index contributed by atoms with van der Waals surface area (Å²) in [5.74, 6) is 1.64. The van der Waals surface area contributed by atoms with Crippen LogP contribution in [0.4, 0.5) is 0 Å². The van der Waals surface area contributed by atoms with Crippen molar-refractivity contribution in [2.45, 2.75) is 32.2 Å². The molecule has 2 aromatic rings. The molecule has 0 bridgehead atoms. The maximum atomic E-state index is 5.34. The SMILES string of the molecule is CCC(NC)C(C)c1nc(-c2cc(OC)ncn2)no1. The topological polar surface area (TPSA) is 86.0 Å². The summed E-state index contributed by atoms with van der Waals surface area (Å²) in [6, 6.07) is 1.97. The normalized spacial score (nSPS) is 14.0. The number of nitrogens with one attached hydrogen (secondary N) is 1. The van der Waals surface area contributed by atoms with E-state index in [9.17, 15) is 0 Å². The predicted molar refractivity (Wildman–Crippen MR) is 73.4 cm³/mol. The molecule has 7 nitrogen and oxygen atoms in total. The van der Waals surface area contributed by atoms with Crippen LogP contribution in [0.15, 0.2) is 16.9 Å². The highest BCUT2D eigenvalue weighted by molar-refractivity contribution is 5.49. The Morgan fingerprint density at radius 3 is 2.85 bits per heavy atom. The minimum absolute atomic E-state index is 0.134. The lowest BCUT2D eigenvalue weighted by Gasteiger charge is -2.18. The van der Waals surface area contributed by atoms with E-state index in [1.807, 2.05) is 7.05 Å². The van der Waals surface area contributed by atoms with Gasteiger partial charge in [0, 0.05) is 12.1 Å². The number of aromatic nitrogens is 4. The molecule has 2 aromatic heterocycles. The van der Waals surface area contributed by atoms with Crippen LogP contribution in [0.25, 0.3) is 11.5 Å². The third kappa shape index (κ3) is 2.93. The summed E-state index contributed by atoms with van der Waals surface area (Å²) in [4.78, 5) is 12.5. The first-order valence-corrected chi connectivity index (χ1v) is 6.56. The van der Waals surface area contributed by atoms with Crippen LogP contribution in [0.3, 0.4) is 0 Å². The number of ether oxygens (including phenoxy) is 1. The second-order valence-electron chi connectivity index (χ2n) is 4.49. The number of methoxy groups -OCH3 is 1. The molecule has 2 atom stereocenters. The number of hydrogen-bond acceptors (Lipinski definition) is 7. The molecule has 0 aromatic carbocycles. The van der Waals surface area contributed by atoms with Gasteiger partial charge in [0.05, 0.1) is 13.0 Å². The summed E-state index contributed by atoms with van der Waals surface area (Å²) in [5, 5.41) is 7.22. The average molecular weight is 277 g/mol. The molecule has 0 fully saturated rings. The van der Waals surface area contributed by atoms with Crippen molar-refractivity contribution in [3.8, 4) is 17.4 Å². The molecule has 0 spiro atoms. The summed E-state index contributed by atoms with van der Waals surface area (Å²) >= 11 is 0. The minimum atomic E-state index is 0.134. The lowest BCUT2D eigenvalue weighted by Crippen LogP contribution is -2.30. The van der Waals surface area contributed by atoms with Gasteiger partial charge in [-0.1, -0.05) is 19.0 Å². The molecule has 0 amide bonds. The van der Waals surface area contributed by atoms with Gasteiger partial charge in [-0.15, -0.1) is 0 Å². The van der Waals surface area contributed by atoms with E-state index in [1.165, 1.54) is 6.33 Å². The summed E-state index contributed by atoms with van der Waals surface area (Å²) in [6.45, 7) is 4.17. The maximum absolute atomic E-state index is 5.34. The van der Waals surface area contributed by atoms with Crippen LogP contribution in [0.2, 0.25) is 0 Å². The maximum Gasteiger partial charge on any atom is 0.231 e. The molecule has 2 heterocycles. The highest BCUT2D eigenvalue weighted by Crippen LogP contribution is 2.23. The Morgan fingerprint density at radius 2 is 2.20 bits per heavy atom. The zero-order chi connectivity index (χ0) is 14.5. The van der Waals surface area contributed by atoms with Crippen LogP contribution in [0, 0.1) is 0 Å². The third-order valence-electron chi connectivity index (χ3n) is 3.33. The monoisotopic (exact) mass is 277 g/mol. The van der Waals surface area contributed by atoms with Gasteiger partial charge < -0.3 is 14.6 Å². The van der Waals surface area contributed by atoms with Gasteiger partial charge in [0.15, 0.2) is 0 Å². The molecule has 0 aliphatic carbocycles. The standard InChI is InChI=1S/C13H19N5O2/c1-5-9(14-3)8(2)13-17-12(18-20-13)10-6-11(19-4)16-7-15-10/h6-9,14H,5H2,1-4H3. The van der Waals surface area contributed by atoms with Gasteiger partial charge in [-0.05, 0) is 13.5 Å². The van der Waals surface area contributed by atoms with Gasteiger partial charge in [-0.3, -0.25) is 0 Å². The molecule has 0 radical (unpaired) electrons. The van der Waals surface area contributed by atoms with Crippen LogP contribution < -0.4 is 10.1 Å². The summed E-state index contributed by atoms with van der Waals surface area (Å²) < 4.78 is 10.4. The lowest BCUT2D eigenvalue weighted by atomic mass is 10.00.